The number of hydrogen-bond acceptors (Lipinski definition) is 10. The Morgan fingerprint density at radius 3 is 2.25 bits per heavy atom. The second-order valence-electron chi connectivity index (χ2n) is 5.61. The zero-order chi connectivity index (χ0) is 18.5. The molecule has 5 unspecified atom stereocenters. The van der Waals surface area contributed by atoms with Gasteiger partial charge in [-0.1, -0.05) is 0 Å². The van der Waals surface area contributed by atoms with Crippen LogP contribution in [-0.2, 0) is 14.2 Å². The van der Waals surface area contributed by atoms with E-state index >= 15 is 0 Å². The van der Waals surface area contributed by atoms with Crippen LogP contribution in [0.5, 0.6) is 0 Å². The number of rotatable bonds is 8. The van der Waals surface area contributed by atoms with Crippen molar-refractivity contribution in [2.24, 2.45) is 0 Å². The van der Waals surface area contributed by atoms with E-state index in [1.165, 1.54) is 13.0 Å². The van der Waals surface area contributed by atoms with Crippen molar-refractivity contribution in [1.29, 1.82) is 0 Å². The largest absolute Gasteiger partial charge is 0.394 e. The fraction of sp³-hybridized carbons (Fsp3) is 0.857. The monoisotopic (exact) mass is 354 g/mol. The first-order valence-electron chi connectivity index (χ1n) is 7.36. The second kappa shape index (κ2) is 9.15. The highest BCUT2D eigenvalue weighted by Crippen LogP contribution is 2.28. The second-order valence-corrected chi connectivity index (χ2v) is 5.61. The van der Waals surface area contributed by atoms with E-state index in [0.717, 1.165) is 7.11 Å². The van der Waals surface area contributed by atoms with Gasteiger partial charge in [0.2, 0.25) is 5.79 Å². The van der Waals surface area contributed by atoms with Crippen LogP contribution in [0.3, 0.4) is 0 Å². The number of ether oxygens (including phenoxy) is 3. The van der Waals surface area contributed by atoms with Crippen LogP contribution < -0.4 is 0 Å². The van der Waals surface area contributed by atoms with Gasteiger partial charge in [0.25, 0.3) is 0 Å². The molecule has 7 atom stereocenters. The molecule has 0 bridgehead atoms. The molecule has 0 aromatic carbocycles. The quantitative estimate of drug-likeness (QED) is 0.171. The third-order valence-corrected chi connectivity index (χ3v) is 3.87. The smallest absolute Gasteiger partial charge is 0.224 e. The zero-order valence-corrected chi connectivity index (χ0v) is 13.5. The summed E-state index contributed by atoms with van der Waals surface area (Å²) in [6.45, 7) is -0.331. The molecule has 1 saturated heterocycles. The third-order valence-electron chi connectivity index (χ3n) is 3.87. The van der Waals surface area contributed by atoms with Crippen molar-refractivity contribution in [2.75, 3.05) is 26.9 Å². The average Bonchev–Trinajstić information content (AvgIpc) is 2.59. The Labute approximate surface area is 139 Å². The standard InChI is InChI=1S/C14H26O10/c1-7(4-15)3-9(18)14(6-17,22-2)24-13-12(21)11(20)10(19)8(5-16)23-13/h3,8-13,15-21H,4-6H2,1-2H3/b7-3+/t8?,9-,10?,11?,12?,13?,14-/m1/s1. The number of hydrogen-bond donors (Lipinski definition) is 7. The molecule has 10 nitrogen and oxygen atoms in total. The molecule has 142 valence electrons. The first-order chi connectivity index (χ1) is 11.3. The fourth-order valence-electron chi connectivity index (χ4n) is 2.24. The Morgan fingerprint density at radius 2 is 1.79 bits per heavy atom. The van der Waals surface area contributed by atoms with Gasteiger partial charge in [0.15, 0.2) is 6.29 Å². The summed E-state index contributed by atoms with van der Waals surface area (Å²) in [6.07, 6.45) is -8.16. The lowest BCUT2D eigenvalue weighted by atomic mass is 9.99. The van der Waals surface area contributed by atoms with Gasteiger partial charge in [0, 0.05) is 7.11 Å². The Hall–Kier alpha value is -0.660. The van der Waals surface area contributed by atoms with E-state index in [-0.39, 0.29) is 6.61 Å². The highest BCUT2D eigenvalue weighted by Gasteiger charge is 2.49. The van der Waals surface area contributed by atoms with E-state index in [1.54, 1.807) is 0 Å². The van der Waals surface area contributed by atoms with Crippen molar-refractivity contribution in [3.8, 4) is 0 Å². The van der Waals surface area contributed by atoms with E-state index in [2.05, 4.69) is 0 Å². The molecule has 1 heterocycles. The Kier molecular flexibility index (Phi) is 8.15. The Bertz CT molecular complexity index is 408. The molecule has 0 aromatic heterocycles. The van der Waals surface area contributed by atoms with Crippen molar-refractivity contribution in [3.05, 3.63) is 11.6 Å². The van der Waals surface area contributed by atoms with Gasteiger partial charge in [-0.2, -0.15) is 0 Å². The lowest BCUT2D eigenvalue weighted by Gasteiger charge is -2.44. The zero-order valence-electron chi connectivity index (χ0n) is 13.5. The third kappa shape index (κ3) is 4.49. The van der Waals surface area contributed by atoms with Gasteiger partial charge in [-0.25, -0.2) is 0 Å². The molecule has 0 amide bonds. The Balaban J connectivity index is 3.02. The molecule has 1 aliphatic heterocycles. The molecule has 0 saturated carbocycles. The summed E-state index contributed by atoms with van der Waals surface area (Å²) in [5.74, 6) is -2.07. The van der Waals surface area contributed by atoms with Crippen LogP contribution in [0, 0.1) is 0 Å². The number of aliphatic hydroxyl groups is 7. The fourth-order valence-corrected chi connectivity index (χ4v) is 2.24. The lowest BCUT2D eigenvalue weighted by molar-refractivity contribution is -0.384. The molecular weight excluding hydrogens is 328 g/mol. The molecule has 1 fully saturated rings. The maximum absolute atomic E-state index is 10.2. The normalized spacial score (nSPS) is 35.5. The summed E-state index contributed by atoms with van der Waals surface area (Å²) < 4.78 is 15.5. The average molecular weight is 354 g/mol. The summed E-state index contributed by atoms with van der Waals surface area (Å²) >= 11 is 0. The van der Waals surface area contributed by atoms with Crippen molar-refractivity contribution < 1.29 is 50.0 Å². The Morgan fingerprint density at radius 1 is 1.17 bits per heavy atom. The van der Waals surface area contributed by atoms with Crippen molar-refractivity contribution in [1.82, 2.24) is 0 Å². The van der Waals surface area contributed by atoms with E-state index in [0.29, 0.717) is 5.57 Å². The summed E-state index contributed by atoms with van der Waals surface area (Å²) in [7, 11) is 1.13. The van der Waals surface area contributed by atoms with Gasteiger partial charge in [0.05, 0.1) is 13.2 Å². The van der Waals surface area contributed by atoms with Gasteiger partial charge in [-0.05, 0) is 18.6 Å². The van der Waals surface area contributed by atoms with Crippen LogP contribution in [0.15, 0.2) is 11.6 Å². The first kappa shape index (κ1) is 21.4. The van der Waals surface area contributed by atoms with Gasteiger partial charge in [-0.3, -0.25) is 0 Å². The molecule has 0 radical (unpaired) electrons. The van der Waals surface area contributed by atoms with Crippen molar-refractivity contribution in [2.45, 2.75) is 49.5 Å². The molecule has 0 aliphatic carbocycles. The maximum Gasteiger partial charge on any atom is 0.224 e. The minimum Gasteiger partial charge on any atom is -0.394 e. The van der Waals surface area contributed by atoms with Crippen LogP contribution in [0.4, 0.5) is 0 Å². The lowest BCUT2D eigenvalue weighted by Crippen LogP contribution is -2.63. The summed E-state index contributed by atoms with van der Waals surface area (Å²) in [4.78, 5) is 0. The van der Waals surface area contributed by atoms with Crippen LogP contribution in [0.25, 0.3) is 0 Å². The summed E-state index contributed by atoms with van der Waals surface area (Å²) in [5.41, 5.74) is 0.370. The first-order valence-corrected chi connectivity index (χ1v) is 7.36. The predicted molar refractivity (Wildman–Crippen MR) is 78.5 cm³/mol. The van der Waals surface area contributed by atoms with E-state index < -0.39 is 55.8 Å². The summed E-state index contributed by atoms with van der Waals surface area (Å²) in [5, 5.41) is 67.4. The van der Waals surface area contributed by atoms with E-state index in [9.17, 15) is 25.5 Å². The van der Waals surface area contributed by atoms with Gasteiger partial charge in [-0.15, -0.1) is 0 Å². The molecule has 1 rings (SSSR count). The van der Waals surface area contributed by atoms with E-state index in [1.807, 2.05) is 0 Å². The van der Waals surface area contributed by atoms with Crippen molar-refractivity contribution >= 4 is 0 Å². The van der Waals surface area contributed by atoms with Crippen LogP contribution in [0.2, 0.25) is 0 Å². The highest BCUT2D eigenvalue weighted by atomic mass is 16.8. The predicted octanol–water partition coefficient (Wildman–Crippen LogP) is -3.56. The SMILES string of the molecule is CO[C@](CO)(OC1OC(CO)C(O)C(O)C1O)[C@H](O)/C=C(\C)CO. The summed E-state index contributed by atoms with van der Waals surface area (Å²) in [6, 6.07) is 0. The minimum atomic E-state index is -2.07. The van der Waals surface area contributed by atoms with Gasteiger partial charge in [0.1, 0.15) is 37.1 Å². The molecular formula is C14H26O10. The van der Waals surface area contributed by atoms with Gasteiger partial charge < -0.3 is 50.0 Å². The molecule has 24 heavy (non-hydrogen) atoms. The molecule has 10 heteroatoms. The minimum absolute atomic E-state index is 0.345. The highest BCUT2D eigenvalue weighted by molar-refractivity contribution is 5.06. The van der Waals surface area contributed by atoms with Crippen LogP contribution in [0.1, 0.15) is 6.92 Å². The van der Waals surface area contributed by atoms with Crippen LogP contribution >= 0.6 is 0 Å². The molecule has 0 spiro atoms. The van der Waals surface area contributed by atoms with Crippen LogP contribution in [-0.4, -0.2) is 105 Å². The molecule has 7 N–H and O–H groups in total. The molecule has 1 aliphatic rings. The number of aliphatic hydroxyl groups excluding tert-OH is 7. The van der Waals surface area contributed by atoms with Crippen molar-refractivity contribution in [3.63, 3.8) is 0 Å². The number of methoxy groups -OCH3 is 1. The molecule has 0 aromatic rings. The van der Waals surface area contributed by atoms with Gasteiger partial charge >= 0.3 is 0 Å². The van der Waals surface area contributed by atoms with E-state index in [4.69, 9.17) is 24.4 Å². The maximum atomic E-state index is 10.2. The topological polar surface area (TPSA) is 169 Å².